The minimum atomic E-state index is -1.23. The van der Waals surface area contributed by atoms with E-state index >= 15 is 0 Å². The van der Waals surface area contributed by atoms with Crippen LogP contribution in [-0.2, 0) is 20.1 Å². The Morgan fingerprint density at radius 2 is 1.31 bits per heavy atom. The van der Waals surface area contributed by atoms with Crippen molar-refractivity contribution in [3.05, 3.63) is 193 Å². The molecule has 0 aliphatic rings. The Bertz CT molecular complexity index is 3340. The monoisotopic (exact) mass is 998 g/mol. The van der Waals surface area contributed by atoms with Gasteiger partial charge in [0.2, 0.25) is 0 Å². The zero-order valence-electron chi connectivity index (χ0n) is 34.7. The van der Waals surface area contributed by atoms with Crippen LogP contribution in [0.15, 0.2) is 170 Å². The summed E-state index contributed by atoms with van der Waals surface area (Å²) < 4.78 is 4.89. The van der Waals surface area contributed by atoms with Gasteiger partial charge < -0.3 is 9.55 Å². The number of aryl methyl sites for hydroxylation is 2. The Hall–Kier alpha value is -6.01. The van der Waals surface area contributed by atoms with Crippen LogP contribution in [0.2, 0.25) is 19.6 Å². The first-order valence-electron chi connectivity index (χ1n) is 20.5. The second-order valence-electron chi connectivity index (χ2n) is 16.6. The molecule has 3 nitrogen and oxygen atoms in total. The summed E-state index contributed by atoms with van der Waals surface area (Å²) in [6, 6.07) is 64.9. The fourth-order valence-electron chi connectivity index (χ4n) is 8.48. The van der Waals surface area contributed by atoms with Crippen molar-refractivity contribution in [1.82, 2.24) is 14.5 Å². The third-order valence-electron chi connectivity index (χ3n) is 11.5. The molecule has 61 heavy (non-hydrogen) atoms. The van der Waals surface area contributed by atoms with Crippen molar-refractivity contribution in [3.63, 3.8) is 0 Å². The van der Waals surface area contributed by atoms with E-state index in [0.29, 0.717) is 0 Å². The van der Waals surface area contributed by atoms with Crippen molar-refractivity contribution >= 4 is 77.3 Å². The van der Waals surface area contributed by atoms with E-state index in [1.54, 1.807) is 0 Å². The minimum Gasteiger partial charge on any atom is -0.333 e. The van der Waals surface area contributed by atoms with Gasteiger partial charge in [0.25, 0.3) is 0 Å². The number of aromatic nitrogens is 3. The van der Waals surface area contributed by atoms with Gasteiger partial charge in [-0.3, -0.25) is 4.98 Å². The van der Waals surface area contributed by atoms with Crippen molar-refractivity contribution in [2.24, 2.45) is 0 Å². The maximum absolute atomic E-state index is 5.44. The van der Waals surface area contributed by atoms with Gasteiger partial charge in [0.1, 0.15) is 0 Å². The quantitative estimate of drug-likeness (QED) is 0.0977. The average molecular weight is 998 g/mol. The molecule has 0 unspecified atom stereocenters. The van der Waals surface area contributed by atoms with Crippen LogP contribution in [0, 0.1) is 26.0 Å². The molecular weight excluding hydrogens is 955 g/mol. The van der Waals surface area contributed by atoms with Crippen LogP contribution in [0.4, 0.5) is 0 Å². The number of nitrogens with zero attached hydrogens (tertiary/aromatic N) is 3. The number of benzene rings is 8. The van der Waals surface area contributed by atoms with Crippen LogP contribution in [0.5, 0.6) is 0 Å². The summed E-state index contributed by atoms with van der Waals surface area (Å²) in [5.41, 5.74) is 11.3. The van der Waals surface area contributed by atoms with E-state index in [1.165, 1.54) is 74.8 Å². The van der Waals surface area contributed by atoms with Crippen LogP contribution in [0.3, 0.4) is 0 Å². The average Bonchev–Trinajstić information content (AvgIpc) is 3.84. The molecule has 3 heterocycles. The standard InChI is InChI=1S/C41H27N2S.C14H16NSi.Ir/c1-25-21-30(27-11-4-3-5-12-27)22-26(2)39(25)43-37-23-29-20-19-28-13-6-7-14-31(28)35(29)24-36(37)42-41(43)34-17-10-16-33-32-15-8-9-18-38(32)44-40(33)34;1-16(2,3)13-9-10-14(15-11-13)12-7-5-4-6-8-12;/h3-16,18-24H,1-2H3;4-7,9-11H,1-3H3;/q2*-1;. The summed E-state index contributed by atoms with van der Waals surface area (Å²) >= 11 is 1.83. The van der Waals surface area contributed by atoms with Gasteiger partial charge in [0.05, 0.1) is 24.9 Å². The molecule has 11 aromatic rings. The molecule has 0 N–H and O–H groups in total. The van der Waals surface area contributed by atoms with Gasteiger partial charge in [-0.15, -0.1) is 54.1 Å². The van der Waals surface area contributed by atoms with Crippen molar-refractivity contribution in [2.45, 2.75) is 33.5 Å². The van der Waals surface area contributed by atoms with Crippen LogP contribution in [0.25, 0.3) is 92.2 Å². The van der Waals surface area contributed by atoms with E-state index in [2.05, 4.69) is 195 Å². The van der Waals surface area contributed by atoms with E-state index in [-0.39, 0.29) is 20.1 Å². The molecule has 0 amide bonds. The van der Waals surface area contributed by atoms with Crippen LogP contribution in [-0.4, -0.2) is 22.6 Å². The van der Waals surface area contributed by atoms with Crippen molar-refractivity contribution < 1.29 is 20.1 Å². The molecule has 1 radical (unpaired) electrons. The molecule has 0 aliphatic carbocycles. The molecule has 0 fully saturated rings. The first-order valence-corrected chi connectivity index (χ1v) is 24.8. The Kier molecular flexibility index (Phi) is 10.9. The number of hydrogen-bond acceptors (Lipinski definition) is 3. The Balaban J connectivity index is 0.000000237. The van der Waals surface area contributed by atoms with E-state index < -0.39 is 8.07 Å². The van der Waals surface area contributed by atoms with Gasteiger partial charge in [-0.25, -0.2) is 0 Å². The second-order valence-corrected chi connectivity index (χ2v) is 22.7. The van der Waals surface area contributed by atoms with Crippen LogP contribution < -0.4 is 5.19 Å². The molecule has 0 saturated carbocycles. The molecule has 0 atom stereocenters. The minimum absolute atomic E-state index is 0. The second kappa shape index (κ2) is 16.5. The molecule has 299 valence electrons. The molecule has 11 rings (SSSR count). The summed E-state index contributed by atoms with van der Waals surface area (Å²) in [6.45, 7) is 11.4. The van der Waals surface area contributed by atoms with Crippen LogP contribution in [0.1, 0.15) is 11.1 Å². The van der Waals surface area contributed by atoms with Gasteiger partial charge in [0, 0.05) is 36.7 Å². The maximum Gasteiger partial charge on any atom is 0.0795 e. The first kappa shape index (κ1) is 40.4. The number of fused-ring (bicyclic) bond motifs is 7. The van der Waals surface area contributed by atoms with Crippen molar-refractivity contribution in [1.29, 1.82) is 0 Å². The third-order valence-corrected chi connectivity index (χ3v) is 14.7. The van der Waals surface area contributed by atoms with Gasteiger partial charge in [-0.05, 0) is 109 Å². The van der Waals surface area contributed by atoms with E-state index in [1.807, 2.05) is 41.8 Å². The SMILES string of the molecule is C[Si](C)(C)c1ccc(-c2[c-]cccc2)nc1.Cc1cc(-c2ccccc2)cc(C)c1-n1c(-c2[c-]ccc3c2sc2ccccc23)nc2cc3c(ccc4ccccc43)cc21.[Ir]. The predicted molar refractivity (Wildman–Crippen MR) is 260 cm³/mol. The molecule has 0 aliphatic heterocycles. The van der Waals surface area contributed by atoms with E-state index in [9.17, 15) is 0 Å². The molecular formula is C55H43IrN3SSi-2. The van der Waals surface area contributed by atoms with Gasteiger partial charge >= 0.3 is 0 Å². The fourth-order valence-corrected chi connectivity index (χ4v) is 10.7. The molecule has 8 aromatic carbocycles. The number of thiophene rings is 1. The topological polar surface area (TPSA) is 30.7 Å². The summed E-state index contributed by atoms with van der Waals surface area (Å²) in [7, 11) is -1.23. The maximum atomic E-state index is 5.44. The summed E-state index contributed by atoms with van der Waals surface area (Å²) in [5, 5.41) is 8.86. The zero-order chi connectivity index (χ0) is 41.0. The summed E-state index contributed by atoms with van der Waals surface area (Å²) in [5.74, 6) is 0.926. The zero-order valence-corrected chi connectivity index (χ0v) is 39.0. The molecule has 0 bridgehead atoms. The summed E-state index contributed by atoms with van der Waals surface area (Å²) in [4.78, 5) is 9.96. The number of rotatable bonds is 5. The van der Waals surface area contributed by atoms with Crippen molar-refractivity contribution in [2.75, 3.05) is 0 Å². The van der Waals surface area contributed by atoms with E-state index in [0.717, 1.165) is 33.7 Å². The van der Waals surface area contributed by atoms with Gasteiger partial charge in [0.15, 0.2) is 0 Å². The molecule has 0 saturated heterocycles. The molecule has 3 aromatic heterocycles. The number of imidazole rings is 1. The molecule has 6 heteroatoms. The molecule has 0 spiro atoms. The van der Waals surface area contributed by atoms with Crippen LogP contribution >= 0.6 is 11.3 Å². The Morgan fingerprint density at radius 1 is 0.590 bits per heavy atom. The van der Waals surface area contributed by atoms with Gasteiger partial charge in [-0.2, -0.15) is 11.3 Å². The fraction of sp³-hybridized carbons (Fsp3) is 0.0909. The normalized spacial score (nSPS) is 11.6. The summed E-state index contributed by atoms with van der Waals surface area (Å²) in [6.07, 6.45) is 2.02. The largest absolute Gasteiger partial charge is 0.333 e. The predicted octanol–water partition coefficient (Wildman–Crippen LogP) is 14.5. The van der Waals surface area contributed by atoms with Gasteiger partial charge in [-0.1, -0.05) is 128 Å². The Morgan fingerprint density at radius 3 is 2.05 bits per heavy atom. The Labute approximate surface area is 375 Å². The smallest absolute Gasteiger partial charge is 0.0795 e. The van der Waals surface area contributed by atoms with Crippen molar-refractivity contribution in [3.8, 4) is 39.5 Å². The third kappa shape index (κ3) is 7.55. The number of hydrogen-bond donors (Lipinski definition) is 0. The number of pyridine rings is 1. The van der Waals surface area contributed by atoms with E-state index in [4.69, 9.17) is 4.98 Å². The first-order chi connectivity index (χ1) is 29.2.